The Hall–Kier alpha value is -1.51. The summed E-state index contributed by atoms with van der Waals surface area (Å²) in [5.74, 6) is 0.898. The number of nitrogens with one attached hydrogen (secondary N) is 1. The minimum absolute atomic E-state index is 0.0859. The molecule has 1 aromatic rings. The molecular formula is C14H21NO2. The van der Waals surface area contributed by atoms with Gasteiger partial charge in [0.2, 0.25) is 5.91 Å². The van der Waals surface area contributed by atoms with Gasteiger partial charge in [0.15, 0.2) is 0 Å². The molecule has 94 valence electrons. The van der Waals surface area contributed by atoms with E-state index in [1.165, 1.54) is 0 Å². The van der Waals surface area contributed by atoms with Crippen molar-refractivity contribution in [2.24, 2.45) is 5.41 Å². The van der Waals surface area contributed by atoms with Crippen LogP contribution in [-0.2, 0) is 11.3 Å². The van der Waals surface area contributed by atoms with E-state index in [1.807, 2.05) is 45.0 Å². The standard InChI is InChI=1S/C14H21NO2/c1-5-14(2,3)13(16)15-10-11-7-6-8-12(9-11)17-4/h6-9H,5,10H2,1-4H3,(H,15,16). The van der Waals surface area contributed by atoms with Gasteiger partial charge in [-0.15, -0.1) is 0 Å². The largest absolute Gasteiger partial charge is 0.497 e. The van der Waals surface area contributed by atoms with Crippen LogP contribution in [0.4, 0.5) is 0 Å². The van der Waals surface area contributed by atoms with E-state index < -0.39 is 0 Å². The van der Waals surface area contributed by atoms with Crippen LogP contribution in [0.15, 0.2) is 24.3 Å². The Bertz CT molecular complexity index is 386. The highest BCUT2D eigenvalue weighted by atomic mass is 16.5. The maximum Gasteiger partial charge on any atom is 0.225 e. The summed E-state index contributed by atoms with van der Waals surface area (Å²) in [6.07, 6.45) is 0.830. The van der Waals surface area contributed by atoms with Crippen LogP contribution in [0.3, 0.4) is 0 Å². The fourth-order valence-electron chi connectivity index (χ4n) is 1.36. The van der Waals surface area contributed by atoms with Gasteiger partial charge in [-0.2, -0.15) is 0 Å². The Kier molecular flexibility index (Phi) is 4.55. The Labute approximate surface area is 103 Å². The maximum atomic E-state index is 11.9. The predicted octanol–water partition coefficient (Wildman–Crippen LogP) is 2.75. The van der Waals surface area contributed by atoms with Gasteiger partial charge in [0, 0.05) is 12.0 Å². The molecule has 0 aliphatic heterocycles. The third kappa shape index (κ3) is 3.77. The molecule has 0 aromatic heterocycles. The molecule has 0 aliphatic carbocycles. The Morgan fingerprint density at radius 2 is 2.12 bits per heavy atom. The van der Waals surface area contributed by atoms with Crippen molar-refractivity contribution in [1.82, 2.24) is 5.32 Å². The van der Waals surface area contributed by atoms with Crippen molar-refractivity contribution in [3.63, 3.8) is 0 Å². The molecule has 1 aromatic carbocycles. The van der Waals surface area contributed by atoms with E-state index in [4.69, 9.17) is 4.74 Å². The van der Waals surface area contributed by atoms with Crippen LogP contribution in [-0.4, -0.2) is 13.0 Å². The number of methoxy groups -OCH3 is 1. The summed E-state index contributed by atoms with van der Waals surface area (Å²) in [6, 6.07) is 7.72. The molecule has 0 atom stereocenters. The molecule has 17 heavy (non-hydrogen) atoms. The topological polar surface area (TPSA) is 38.3 Å². The number of rotatable bonds is 5. The number of hydrogen-bond donors (Lipinski definition) is 1. The van der Waals surface area contributed by atoms with Crippen molar-refractivity contribution in [2.45, 2.75) is 33.7 Å². The molecule has 3 heteroatoms. The van der Waals surface area contributed by atoms with E-state index >= 15 is 0 Å². The summed E-state index contributed by atoms with van der Waals surface area (Å²) in [7, 11) is 1.64. The molecule has 0 bridgehead atoms. The first kappa shape index (κ1) is 13.6. The van der Waals surface area contributed by atoms with Crippen molar-refractivity contribution in [3.05, 3.63) is 29.8 Å². The molecule has 1 N–H and O–H groups in total. The number of hydrogen-bond acceptors (Lipinski definition) is 2. The normalized spacial score (nSPS) is 11.1. The van der Waals surface area contributed by atoms with Crippen LogP contribution < -0.4 is 10.1 Å². The van der Waals surface area contributed by atoms with Crippen molar-refractivity contribution in [3.8, 4) is 5.75 Å². The van der Waals surface area contributed by atoms with Crippen LogP contribution in [0, 0.1) is 5.41 Å². The summed E-state index contributed by atoms with van der Waals surface area (Å²) >= 11 is 0. The third-order valence-electron chi connectivity index (χ3n) is 3.09. The zero-order valence-electron chi connectivity index (χ0n) is 11.0. The highest BCUT2D eigenvalue weighted by Crippen LogP contribution is 2.20. The molecular weight excluding hydrogens is 214 g/mol. The van der Waals surface area contributed by atoms with Gasteiger partial charge in [0.05, 0.1) is 7.11 Å². The van der Waals surface area contributed by atoms with Gasteiger partial charge in [-0.25, -0.2) is 0 Å². The van der Waals surface area contributed by atoms with E-state index in [0.717, 1.165) is 17.7 Å². The lowest BCUT2D eigenvalue weighted by molar-refractivity contribution is -0.129. The van der Waals surface area contributed by atoms with Crippen LogP contribution in [0.2, 0.25) is 0 Å². The first-order valence-electron chi connectivity index (χ1n) is 5.91. The highest BCUT2D eigenvalue weighted by molar-refractivity contribution is 5.81. The number of benzene rings is 1. The summed E-state index contributed by atoms with van der Waals surface area (Å²) in [4.78, 5) is 11.9. The number of carbonyl (C=O) groups excluding carboxylic acids is 1. The van der Waals surface area contributed by atoms with Crippen molar-refractivity contribution in [2.75, 3.05) is 7.11 Å². The zero-order chi connectivity index (χ0) is 12.9. The molecule has 0 radical (unpaired) electrons. The van der Waals surface area contributed by atoms with Crippen LogP contribution in [0.5, 0.6) is 5.75 Å². The van der Waals surface area contributed by atoms with Gasteiger partial charge >= 0.3 is 0 Å². The van der Waals surface area contributed by atoms with E-state index in [1.54, 1.807) is 7.11 Å². The second kappa shape index (κ2) is 5.71. The Morgan fingerprint density at radius 1 is 1.41 bits per heavy atom. The van der Waals surface area contributed by atoms with Gasteiger partial charge in [-0.05, 0) is 24.1 Å². The van der Waals surface area contributed by atoms with Gasteiger partial charge < -0.3 is 10.1 Å². The van der Waals surface area contributed by atoms with E-state index in [2.05, 4.69) is 5.32 Å². The molecule has 0 aliphatic rings. The highest BCUT2D eigenvalue weighted by Gasteiger charge is 2.24. The second-order valence-corrected chi connectivity index (χ2v) is 4.77. The first-order chi connectivity index (χ1) is 7.99. The molecule has 0 saturated heterocycles. The summed E-state index contributed by atoms with van der Waals surface area (Å²) in [5.41, 5.74) is 0.739. The molecule has 0 saturated carbocycles. The van der Waals surface area contributed by atoms with Gasteiger partial charge in [-0.1, -0.05) is 32.9 Å². The monoisotopic (exact) mass is 235 g/mol. The van der Waals surface area contributed by atoms with Gasteiger partial charge in [-0.3, -0.25) is 4.79 Å². The van der Waals surface area contributed by atoms with Crippen LogP contribution in [0.1, 0.15) is 32.8 Å². The molecule has 1 amide bonds. The van der Waals surface area contributed by atoms with E-state index in [-0.39, 0.29) is 11.3 Å². The van der Waals surface area contributed by atoms with Crippen LogP contribution >= 0.6 is 0 Å². The second-order valence-electron chi connectivity index (χ2n) is 4.77. The minimum Gasteiger partial charge on any atom is -0.497 e. The lowest BCUT2D eigenvalue weighted by Crippen LogP contribution is -2.35. The predicted molar refractivity (Wildman–Crippen MR) is 68.9 cm³/mol. The lowest BCUT2D eigenvalue weighted by Gasteiger charge is -2.21. The van der Waals surface area contributed by atoms with Crippen molar-refractivity contribution in [1.29, 1.82) is 0 Å². The quantitative estimate of drug-likeness (QED) is 0.852. The number of amides is 1. The molecule has 1 rings (SSSR count). The van der Waals surface area contributed by atoms with E-state index in [0.29, 0.717) is 6.54 Å². The third-order valence-corrected chi connectivity index (χ3v) is 3.09. The average Bonchev–Trinajstić information content (AvgIpc) is 2.36. The molecule has 0 spiro atoms. The molecule has 3 nitrogen and oxygen atoms in total. The lowest BCUT2D eigenvalue weighted by atomic mass is 9.89. The fraction of sp³-hybridized carbons (Fsp3) is 0.500. The van der Waals surface area contributed by atoms with Crippen LogP contribution in [0.25, 0.3) is 0 Å². The fourth-order valence-corrected chi connectivity index (χ4v) is 1.36. The first-order valence-corrected chi connectivity index (χ1v) is 5.91. The zero-order valence-corrected chi connectivity index (χ0v) is 11.0. The minimum atomic E-state index is -0.307. The SMILES string of the molecule is CCC(C)(C)C(=O)NCc1cccc(OC)c1. The summed E-state index contributed by atoms with van der Waals surface area (Å²) in [5, 5.41) is 2.95. The van der Waals surface area contributed by atoms with Gasteiger partial charge in [0.25, 0.3) is 0 Å². The summed E-state index contributed by atoms with van der Waals surface area (Å²) in [6.45, 7) is 6.46. The molecule has 0 unspecified atom stereocenters. The molecule has 0 heterocycles. The number of ether oxygens (including phenoxy) is 1. The van der Waals surface area contributed by atoms with Crippen molar-refractivity contribution >= 4 is 5.91 Å². The average molecular weight is 235 g/mol. The summed E-state index contributed by atoms with van der Waals surface area (Å²) < 4.78 is 5.14. The number of carbonyl (C=O) groups is 1. The smallest absolute Gasteiger partial charge is 0.225 e. The van der Waals surface area contributed by atoms with Crippen molar-refractivity contribution < 1.29 is 9.53 Å². The maximum absolute atomic E-state index is 11.9. The van der Waals surface area contributed by atoms with Gasteiger partial charge in [0.1, 0.15) is 5.75 Å². The Morgan fingerprint density at radius 3 is 2.71 bits per heavy atom. The molecule has 0 fully saturated rings. The Balaban J connectivity index is 2.58. The van der Waals surface area contributed by atoms with E-state index in [9.17, 15) is 4.79 Å².